The summed E-state index contributed by atoms with van der Waals surface area (Å²) in [6.45, 7) is 1.25. The zero-order chi connectivity index (χ0) is 12.3. The molecule has 1 aliphatic heterocycles. The summed E-state index contributed by atoms with van der Waals surface area (Å²) in [5.74, 6) is -1.01. The highest BCUT2D eigenvalue weighted by molar-refractivity contribution is 7.14. The molecule has 0 spiro atoms. The van der Waals surface area contributed by atoms with Crippen LogP contribution in [0, 0.1) is 0 Å². The summed E-state index contributed by atoms with van der Waals surface area (Å²) in [4.78, 5) is 30.0. The van der Waals surface area contributed by atoms with Crippen molar-refractivity contribution in [3.05, 3.63) is 11.1 Å². The Morgan fingerprint density at radius 2 is 2.41 bits per heavy atom. The van der Waals surface area contributed by atoms with E-state index in [0.717, 1.165) is 0 Å². The number of aliphatic imine (C=N–C) groups is 1. The van der Waals surface area contributed by atoms with Crippen LogP contribution >= 0.6 is 11.3 Å². The average molecular weight is 254 g/mol. The first kappa shape index (κ1) is 11.5. The molecule has 0 saturated carbocycles. The first-order valence-corrected chi connectivity index (χ1v) is 5.79. The Morgan fingerprint density at radius 3 is 3.06 bits per heavy atom. The van der Waals surface area contributed by atoms with Gasteiger partial charge in [-0.1, -0.05) is 0 Å². The third-order valence-corrected chi connectivity index (χ3v) is 2.80. The zero-order valence-electron chi connectivity index (χ0n) is 8.77. The minimum atomic E-state index is -0.949. The maximum absolute atomic E-state index is 11.6. The number of carboxylic acids is 1. The van der Waals surface area contributed by atoms with E-state index in [9.17, 15) is 9.59 Å². The molecule has 0 atom stereocenters. The molecule has 0 saturated heterocycles. The maximum atomic E-state index is 11.6. The summed E-state index contributed by atoms with van der Waals surface area (Å²) < 4.78 is 0. The minimum Gasteiger partial charge on any atom is -0.481 e. The van der Waals surface area contributed by atoms with Gasteiger partial charge in [0.2, 0.25) is 0 Å². The molecule has 8 heteroatoms. The Labute approximate surface area is 101 Å². The molecule has 0 radical (unpaired) electrons. The van der Waals surface area contributed by atoms with E-state index in [1.807, 2.05) is 0 Å². The Bertz CT molecular complexity index is 482. The Balaban J connectivity index is 1.96. The molecule has 7 nitrogen and oxygen atoms in total. The second kappa shape index (κ2) is 4.91. The fourth-order valence-corrected chi connectivity index (χ4v) is 2.01. The normalized spacial score (nSPS) is 14.0. The molecule has 90 valence electrons. The topological polar surface area (TPSA) is 104 Å². The number of nitrogens with zero attached hydrogens (tertiary/aromatic N) is 2. The number of hydrogen-bond acceptors (Lipinski definition) is 6. The molecule has 17 heavy (non-hydrogen) atoms. The molecule has 2 rings (SSSR count). The van der Waals surface area contributed by atoms with E-state index in [-0.39, 0.29) is 12.3 Å². The molecule has 0 unspecified atom stereocenters. The molecule has 3 N–H and O–H groups in total. The number of aliphatic carboxylic acids is 1. The molecule has 1 amide bonds. The van der Waals surface area contributed by atoms with Crippen LogP contribution in [-0.2, 0) is 16.0 Å². The summed E-state index contributed by atoms with van der Waals surface area (Å²) in [6.07, 6.45) is -0.147. The van der Waals surface area contributed by atoms with Gasteiger partial charge in [-0.05, 0) is 0 Å². The number of anilines is 1. The Kier molecular flexibility index (Phi) is 3.33. The van der Waals surface area contributed by atoms with Gasteiger partial charge in [0.1, 0.15) is 0 Å². The summed E-state index contributed by atoms with van der Waals surface area (Å²) in [5, 5.41) is 16.0. The quantitative estimate of drug-likeness (QED) is 0.685. The summed E-state index contributed by atoms with van der Waals surface area (Å²) in [7, 11) is 0. The molecule has 0 fully saturated rings. The number of aromatic nitrogens is 1. The van der Waals surface area contributed by atoms with Gasteiger partial charge < -0.3 is 10.4 Å². The van der Waals surface area contributed by atoms with E-state index in [4.69, 9.17) is 5.11 Å². The highest BCUT2D eigenvalue weighted by Crippen LogP contribution is 2.15. The first-order chi connectivity index (χ1) is 8.15. The van der Waals surface area contributed by atoms with Crippen LogP contribution in [0.2, 0.25) is 0 Å². The van der Waals surface area contributed by atoms with Crippen molar-refractivity contribution in [2.24, 2.45) is 4.99 Å². The second-order valence-corrected chi connectivity index (χ2v) is 4.18. The highest BCUT2D eigenvalue weighted by Gasteiger charge is 2.16. The number of carbonyl (C=O) groups excluding carboxylic acids is 1. The van der Waals surface area contributed by atoms with Gasteiger partial charge in [-0.15, -0.1) is 11.3 Å². The third kappa shape index (κ3) is 3.00. The third-order valence-electron chi connectivity index (χ3n) is 1.99. The zero-order valence-corrected chi connectivity index (χ0v) is 9.58. The molecule has 2 heterocycles. The summed E-state index contributed by atoms with van der Waals surface area (Å²) in [5.41, 5.74) is 0.430. The lowest BCUT2D eigenvalue weighted by Crippen LogP contribution is -2.32. The van der Waals surface area contributed by atoms with Gasteiger partial charge >= 0.3 is 5.97 Å². The molecule has 0 bridgehead atoms. The van der Waals surface area contributed by atoms with Gasteiger partial charge in [-0.25, -0.2) is 4.98 Å². The van der Waals surface area contributed by atoms with Crippen LogP contribution in [0.15, 0.2) is 10.4 Å². The van der Waals surface area contributed by atoms with Gasteiger partial charge in [0.15, 0.2) is 11.0 Å². The summed E-state index contributed by atoms with van der Waals surface area (Å²) >= 11 is 1.19. The van der Waals surface area contributed by atoms with E-state index in [1.54, 1.807) is 5.38 Å². The number of carboxylic acid groups (broad SMARTS) is 1. The standard InChI is InChI=1S/C9H10N4O3S/c14-6(15)3-5-4-17-9(12-5)13-8(16)7-10-1-2-11-7/h4H,1-3H2,(H,10,11)(H,14,15)(H,12,13,16). The van der Waals surface area contributed by atoms with Crippen LogP contribution in [0.4, 0.5) is 5.13 Å². The predicted octanol–water partition coefficient (Wildman–Crippen LogP) is -0.290. The predicted molar refractivity (Wildman–Crippen MR) is 62.4 cm³/mol. The Hall–Kier alpha value is -1.96. The van der Waals surface area contributed by atoms with Gasteiger partial charge in [0.25, 0.3) is 5.91 Å². The van der Waals surface area contributed by atoms with Crippen LogP contribution in [-0.4, -0.2) is 40.9 Å². The van der Waals surface area contributed by atoms with Gasteiger partial charge in [0.05, 0.1) is 18.7 Å². The maximum Gasteiger partial charge on any atom is 0.309 e. The number of amides is 1. The minimum absolute atomic E-state index is 0.147. The van der Waals surface area contributed by atoms with E-state index < -0.39 is 5.97 Å². The van der Waals surface area contributed by atoms with Gasteiger partial charge in [0, 0.05) is 11.9 Å². The van der Waals surface area contributed by atoms with Crippen molar-refractivity contribution in [2.75, 3.05) is 18.4 Å². The van der Waals surface area contributed by atoms with Crippen molar-refractivity contribution in [1.29, 1.82) is 0 Å². The molecule has 1 aromatic rings. The van der Waals surface area contributed by atoms with Gasteiger partial charge in [-0.2, -0.15) is 0 Å². The number of thiazole rings is 1. The molecule has 0 aliphatic carbocycles. The number of carbonyl (C=O) groups is 2. The lowest BCUT2D eigenvalue weighted by atomic mass is 10.3. The highest BCUT2D eigenvalue weighted by atomic mass is 32.1. The first-order valence-electron chi connectivity index (χ1n) is 4.91. The molecule has 0 aromatic carbocycles. The van der Waals surface area contributed by atoms with Crippen molar-refractivity contribution >= 4 is 34.2 Å². The van der Waals surface area contributed by atoms with Crippen LogP contribution < -0.4 is 10.6 Å². The van der Waals surface area contributed by atoms with E-state index in [2.05, 4.69) is 20.6 Å². The Morgan fingerprint density at radius 1 is 1.59 bits per heavy atom. The fourth-order valence-electron chi connectivity index (χ4n) is 1.31. The van der Waals surface area contributed by atoms with Crippen molar-refractivity contribution in [2.45, 2.75) is 6.42 Å². The SMILES string of the molecule is O=C(O)Cc1csc(NC(=O)C2=NCCN2)n1. The molecular formula is C9H10N4O3S. The average Bonchev–Trinajstić information content (AvgIpc) is 2.87. The van der Waals surface area contributed by atoms with Crippen LogP contribution in [0.1, 0.15) is 5.69 Å². The largest absolute Gasteiger partial charge is 0.481 e. The molecule has 1 aliphatic rings. The second-order valence-electron chi connectivity index (χ2n) is 3.33. The van der Waals surface area contributed by atoms with Gasteiger partial charge in [-0.3, -0.25) is 19.9 Å². The van der Waals surface area contributed by atoms with Crippen LogP contribution in [0.3, 0.4) is 0 Å². The van der Waals surface area contributed by atoms with Crippen LogP contribution in [0.5, 0.6) is 0 Å². The van der Waals surface area contributed by atoms with E-state index in [1.165, 1.54) is 11.3 Å². The summed E-state index contributed by atoms with van der Waals surface area (Å²) in [6, 6.07) is 0. The van der Waals surface area contributed by atoms with Crippen molar-refractivity contribution in [3.63, 3.8) is 0 Å². The van der Waals surface area contributed by atoms with E-state index >= 15 is 0 Å². The number of rotatable bonds is 4. The smallest absolute Gasteiger partial charge is 0.309 e. The van der Waals surface area contributed by atoms with Crippen molar-refractivity contribution in [1.82, 2.24) is 10.3 Å². The lowest BCUT2D eigenvalue weighted by molar-refractivity contribution is -0.136. The number of amidine groups is 1. The van der Waals surface area contributed by atoms with Crippen molar-refractivity contribution in [3.8, 4) is 0 Å². The van der Waals surface area contributed by atoms with Crippen LogP contribution in [0.25, 0.3) is 0 Å². The van der Waals surface area contributed by atoms with E-state index in [0.29, 0.717) is 29.8 Å². The molecule has 1 aromatic heterocycles. The monoisotopic (exact) mass is 254 g/mol. The fraction of sp³-hybridized carbons (Fsp3) is 0.333. The lowest BCUT2D eigenvalue weighted by Gasteiger charge is -2.00. The number of hydrogen-bond donors (Lipinski definition) is 3. The number of nitrogens with one attached hydrogen (secondary N) is 2. The molecular weight excluding hydrogens is 244 g/mol. The van der Waals surface area contributed by atoms with Crippen molar-refractivity contribution < 1.29 is 14.7 Å².